The summed E-state index contributed by atoms with van der Waals surface area (Å²) < 4.78 is 29.1. The van der Waals surface area contributed by atoms with Gasteiger partial charge in [0.1, 0.15) is 17.0 Å². The zero-order valence-electron chi connectivity index (χ0n) is 12.7. The molecule has 0 radical (unpaired) electrons. The van der Waals surface area contributed by atoms with Crippen molar-refractivity contribution in [2.24, 2.45) is 5.92 Å². The fourth-order valence-corrected chi connectivity index (χ4v) is 2.47. The van der Waals surface area contributed by atoms with Crippen molar-refractivity contribution in [3.8, 4) is 23.4 Å². The van der Waals surface area contributed by atoms with Crippen molar-refractivity contribution in [3.63, 3.8) is 0 Å². The van der Waals surface area contributed by atoms with Gasteiger partial charge < -0.3 is 0 Å². The predicted octanol–water partition coefficient (Wildman–Crippen LogP) is 4.03. The van der Waals surface area contributed by atoms with E-state index >= 15 is 0 Å². The number of halogens is 2. The van der Waals surface area contributed by atoms with Crippen LogP contribution in [0.4, 0.5) is 8.78 Å². The van der Waals surface area contributed by atoms with Crippen LogP contribution in [0.1, 0.15) is 10.4 Å². The molecule has 0 aliphatic rings. The van der Waals surface area contributed by atoms with Crippen LogP contribution in [-0.4, -0.2) is 10.8 Å². The van der Waals surface area contributed by atoms with Crippen molar-refractivity contribution in [1.82, 2.24) is 4.98 Å². The van der Waals surface area contributed by atoms with Crippen molar-refractivity contribution < 1.29 is 13.6 Å². The molecule has 6 heteroatoms. The molecule has 0 saturated carbocycles. The first-order valence-corrected chi connectivity index (χ1v) is 7.24. The van der Waals surface area contributed by atoms with Gasteiger partial charge in [-0.2, -0.15) is 10.5 Å². The Bertz CT molecular complexity index is 1050. The summed E-state index contributed by atoms with van der Waals surface area (Å²) in [5.41, 5.74) is -0.196. The maximum atomic E-state index is 14.8. The van der Waals surface area contributed by atoms with Gasteiger partial charge in [0.2, 0.25) is 0 Å². The fourth-order valence-electron chi connectivity index (χ4n) is 2.47. The second-order valence-electron chi connectivity index (χ2n) is 5.24. The monoisotopic (exact) mass is 333 g/mol. The molecule has 25 heavy (non-hydrogen) atoms. The van der Waals surface area contributed by atoms with Gasteiger partial charge in [0.25, 0.3) is 0 Å². The van der Waals surface area contributed by atoms with E-state index in [0.29, 0.717) is 5.56 Å². The van der Waals surface area contributed by atoms with Crippen molar-refractivity contribution in [1.29, 1.82) is 10.5 Å². The molecule has 0 fully saturated rings. The lowest BCUT2D eigenvalue weighted by Gasteiger charge is -2.09. The van der Waals surface area contributed by atoms with Gasteiger partial charge in [-0.05, 0) is 12.1 Å². The third kappa shape index (κ3) is 2.82. The van der Waals surface area contributed by atoms with Crippen molar-refractivity contribution in [3.05, 3.63) is 65.7 Å². The number of aromatic nitrogens is 1. The van der Waals surface area contributed by atoms with Crippen LogP contribution in [0.2, 0.25) is 0 Å². The van der Waals surface area contributed by atoms with Gasteiger partial charge in [0.15, 0.2) is 17.5 Å². The number of carbonyl (C=O) groups is 1. The first-order chi connectivity index (χ1) is 12.1. The number of benzene rings is 2. The van der Waals surface area contributed by atoms with Crippen LogP contribution >= 0.6 is 0 Å². The predicted molar refractivity (Wildman–Crippen MR) is 86.1 cm³/mol. The second-order valence-corrected chi connectivity index (χ2v) is 5.24. The van der Waals surface area contributed by atoms with Crippen LogP contribution in [0, 0.1) is 40.2 Å². The van der Waals surface area contributed by atoms with Crippen LogP contribution in [0.15, 0.2) is 48.5 Å². The highest BCUT2D eigenvalue weighted by molar-refractivity contribution is 6.03. The first-order valence-electron chi connectivity index (χ1n) is 7.24. The Morgan fingerprint density at radius 3 is 2.36 bits per heavy atom. The maximum absolute atomic E-state index is 14.8. The Hall–Kier alpha value is -3.64. The lowest BCUT2D eigenvalue weighted by molar-refractivity contribution is 0.0967. The lowest BCUT2D eigenvalue weighted by Crippen LogP contribution is -2.13. The van der Waals surface area contributed by atoms with Gasteiger partial charge in [-0.25, -0.2) is 13.8 Å². The maximum Gasteiger partial charge on any atom is 0.197 e. The molecule has 0 saturated heterocycles. The summed E-state index contributed by atoms with van der Waals surface area (Å²) in [4.78, 5) is 16.1. The van der Waals surface area contributed by atoms with E-state index in [9.17, 15) is 13.6 Å². The summed E-state index contributed by atoms with van der Waals surface area (Å²) in [6.45, 7) is 0. The Morgan fingerprint density at radius 2 is 1.72 bits per heavy atom. The normalized spacial score (nSPS) is 10.4. The number of carbonyl (C=O) groups excluding carboxylic acids is 1. The average Bonchev–Trinajstić information content (AvgIpc) is 2.63. The Balaban J connectivity index is 2.22. The van der Waals surface area contributed by atoms with E-state index in [1.807, 2.05) is 0 Å². The summed E-state index contributed by atoms with van der Waals surface area (Å²) in [6, 6.07) is 15.0. The van der Waals surface area contributed by atoms with Gasteiger partial charge >= 0.3 is 0 Å². The molecule has 0 amide bonds. The number of hydrogen-bond donors (Lipinski definition) is 0. The minimum absolute atomic E-state index is 0.0475. The molecule has 0 N–H and O–H groups in total. The molecule has 1 heterocycles. The van der Waals surface area contributed by atoms with Crippen LogP contribution in [0.5, 0.6) is 0 Å². The Morgan fingerprint density at radius 1 is 1.04 bits per heavy atom. The third-order valence-electron chi connectivity index (χ3n) is 3.71. The fraction of sp³-hybridized carbons (Fsp3) is 0.0526. The van der Waals surface area contributed by atoms with E-state index in [4.69, 9.17) is 10.5 Å². The average molecular weight is 333 g/mol. The first kappa shape index (κ1) is 16.2. The van der Waals surface area contributed by atoms with Crippen molar-refractivity contribution >= 4 is 16.7 Å². The van der Waals surface area contributed by atoms with E-state index in [1.54, 1.807) is 30.3 Å². The zero-order chi connectivity index (χ0) is 18.0. The number of pyridine rings is 1. The molecule has 0 bridgehead atoms. The smallest absolute Gasteiger partial charge is 0.197 e. The van der Waals surface area contributed by atoms with Gasteiger partial charge in [0, 0.05) is 10.9 Å². The molecule has 0 spiro atoms. The van der Waals surface area contributed by atoms with Gasteiger partial charge in [-0.3, -0.25) is 4.79 Å². The molecule has 0 aliphatic heterocycles. The van der Waals surface area contributed by atoms with E-state index in [1.165, 1.54) is 18.2 Å². The summed E-state index contributed by atoms with van der Waals surface area (Å²) in [5, 5.41) is 17.8. The van der Waals surface area contributed by atoms with E-state index in [-0.39, 0.29) is 16.6 Å². The molecule has 1 aromatic heterocycles. The molecule has 0 unspecified atom stereocenters. The topological polar surface area (TPSA) is 77.5 Å². The minimum atomic E-state index is -1.61. The summed E-state index contributed by atoms with van der Waals surface area (Å²) in [7, 11) is 0. The highest BCUT2D eigenvalue weighted by atomic mass is 19.1. The largest absolute Gasteiger partial charge is 0.291 e. The third-order valence-corrected chi connectivity index (χ3v) is 3.71. The summed E-state index contributed by atoms with van der Waals surface area (Å²) >= 11 is 0. The zero-order valence-corrected chi connectivity index (χ0v) is 12.7. The van der Waals surface area contributed by atoms with E-state index < -0.39 is 28.9 Å². The SMILES string of the molecule is N#CC(C#N)C(=O)c1ccc2cc(F)c(-c3ccccc3)nc2c1F. The van der Waals surface area contributed by atoms with Gasteiger partial charge in [-0.1, -0.05) is 36.4 Å². The van der Waals surface area contributed by atoms with Crippen LogP contribution in [0.25, 0.3) is 22.2 Å². The molecular formula is C19H9F2N3O. The number of rotatable bonds is 3. The standard InChI is InChI=1S/C19H9F2N3O/c20-15-8-12-6-7-14(19(25)13(9-22)10-23)16(21)18(12)24-17(15)11-4-2-1-3-5-11/h1-8,13H. The molecule has 0 atom stereocenters. The molecular weight excluding hydrogens is 324 g/mol. The molecule has 120 valence electrons. The quantitative estimate of drug-likeness (QED) is 0.678. The second kappa shape index (κ2) is 6.46. The molecule has 0 aliphatic carbocycles. The van der Waals surface area contributed by atoms with Crippen molar-refractivity contribution in [2.75, 3.05) is 0 Å². The molecule has 3 aromatic rings. The van der Waals surface area contributed by atoms with Crippen molar-refractivity contribution in [2.45, 2.75) is 0 Å². The number of fused-ring (bicyclic) bond motifs is 1. The van der Waals surface area contributed by atoms with E-state index in [0.717, 1.165) is 12.1 Å². The number of Topliss-reactive ketones (excluding diaryl/α,β-unsaturated/α-hetero) is 1. The molecule has 2 aromatic carbocycles. The molecule has 4 nitrogen and oxygen atoms in total. The lowest BCUT2D eigenvalue weighted by atomic mass is 9.98. The summed E-state index contributed by atoms with van der Waals surface area (Å²) in [5.74, 6) is -4.16. The number of nitrogens with zero attached hydrogens (tertiary/aromatic N) is 3. The number of ketones is 1. The Labute approximate surface area is 141 Å². The Kier molecular flexibility index (Phi) is 4.20. The van der Waals surface area contributed by atoms with Crippen LogP contribution in [0.3, 0.4) is 0 Å². The highest BCUT2D eigenvalue weighted by Gasteiger charge is 2.24. The van der Waals surface area contributed by atoms with Crippen LogP contribution < -0.4 is 0 Å². The number of hydrogen-bond acceptors (Lipinski definition) is 4. The minimum Gasteiger partial charge on any atom is -0.291 e. The van der Waals surface area contributed by atoms with Gasteiger partial charge in [-0.15, -0.1) is 0 Å². The van der Waals surface area contributed by atoms with Crippen LogP contribution in [-0.2, 0) is 0 Å². The number of nitriles is 2. The van der Waals surface area contributed by atoms with Gasteiger partial charge in [0.05, 0.1) is 17.7 Å². The molecule has 3 rings (SSSR count). The summed E-state index contributed by atoms with van der Waals surface area (Å²) in [6.07, 6.45) is 0. The highest BCUT2D eigenvalue weighted by Crippen LogP contribution is 2.28. The van der Waals surface area contributed by atoms with E-state index in [2.05, 4.69) is 4.98 Å².